The number of anilines is 1. The van der Waals surface area contributed by atoms with Crippen LogP contribution in [0.2, 0.25) is 0 Å². The van der Waals surface area contributed by atoms with Crippen LogP contribution in [0.3, 0.4) is 0 Å². The first-order valence-electron chi connectivity index (χ1n) is 10.2. The summed E-state index contributed by atoms with van der Waals surface area (Å²) in [4.78, 5) is 21.3. The summed E-state index contributed by atoms with van der Waals surface area (Å²) in [6, 6.07) is 13.8. The molecule has 3 heterocycles. The van der Waals surface area contributed by atoms with E-state index in [9.17, 15) is 13.6 Å². The molecule has 2 aromatic carbocycles. The highest BCUT2D eigenvalue weighted by molar-refractivity contribution is 5.41. The van der Waals surface area contributed by atoms with Crippen molar-refractivity contribution in [3.8, 4) is 0 Å². The third-order valence-corrected chi connectivity index (χ3v) is 5.92. The zero-order valence-corrected chi connectivity index (χ0v) is 16.5. The van der Waals surface area contributed by atoms with Crippen molar-refractivity contribution in [3.63, 3.8) is 0 Å². The van der Waals surface area contributed by atoms with E-state index < -0.39 is 11.6 Å². The van der Waals surface area contributed by atoms with Gasteiger partial charge >= 0.3 is 0 Å². The van der Waals surface area contributed by atoms with E-state index >= 15 is 0 Å². The lowest BCUT2D eigenvalue weighted by Crippen LogP contribution is -2.37. The van der Waals surface area contributed by atoms with Gasteiger partial charge in [0.15, 0.2) is 0 Å². The summed E-state index contributed by atoms with van der Waals surface area (Å²) in [6.07, 6.45) is 0.783. The molecule has 0 radical (unpaired) electrons. The number of benzene rings is 2. The summed E-state index contributed by atoms with van der Waals surface area (Å²) in [5, 5.41) is 0. The predicted molar refractivity (Wildman–Crippen MR) is 110 cm³/mol. The number of rotatable bonds is 4. The van der Waals surface area contributed by atoms with Gasteiger partial charge < -0.3 is 9.47 Å². The molecular formula is C23H22F2N4O. The molecule has 154 valence electrons. The Bertz CT molecular complexity index is 1150. The number of hydrogen-bond donors (Lipinski definition) is 0. The van der Waals surface area contributed by atoms with E-state index in [1.54, 1.807) is 0 Å². The molecule has 0 amide bonds. The molecular weight excluding hydrogens is 386 g/mol. The molecule has 0 bridgehead atoms. The Kier molecular flexibility index (Phi) is 4.83. The van der Waals surface area contributed by atoms with E-state index in [0.29, 0.717) is 31.1 Å². The summed E-state index contributed by atoms with van der Waals surface area (Å²) in [6.45, 7) is 3.88. The third-order valence-electron chi connectivity index (χ3n) is 5.92. The van der Waals surface area contributed by atoms with Crippen molar-refractivity contribution < 1.29 is 8.78 Å². The number of nitrogens with zero attached hydrogens (tertiary/aromatic N) is 4. The minimum absolute atomic E-state index is 0.208. The summed E-state index contributed by atoms with van der Waals surface area (Å²) in [5.41, 5.74) is 3.21. The van der Waals surface area contributed by atoms with Gasteiger partial charge in [-0.3, -0.25) is 9.69 Å². The van der Waals surface area contributed by atoms with Crippen molar-refractivity contribution in [2.24, 2.45) is 0 Å². The summed E-state index contributed by atoms with van der Waals surface area (Å²) >= 11 is 0. The molecule has 0 fully saturated rings. The Morgan fingerprint density at radius 2 is 1.80 bits per heavy atom. The Labute approximate surface area is 173 Å². The van der Waals surface area contributed by atoms with Crippen LogP contribution in [-0.2, 0) is 32.6 Å². The van der Waals surface area contributed by atoms with Crippen molar-refractivity contribution >= 4 is 5.95 Å². The van der Waals surface area contributed by atoms with E-state index in [2.05, 4.69) is 26.6 Å². The van der Waals surface area contributed by atoms with Crippen molar-refractivity contribution in [2.75, 3.05) is 18.0 Å². The smallest absolute Gasteiger partial charge is 0.279 e. The van der Waals surface area contributed by atoms with Crippen molar-refractivity contribution in [3.05, 3.63) is 92.9 Å². The van der Waals surface area contributed by atoms with Crippen LogP contribution in [0.5, 0.6) is 0 Å². The third kappa shape index (κ3) is 3.50. The number of fused-ring (bicyclic) bond motifs is 3. The lowest BCUT2D eigenvalue weighted by atomic mass is 10.1. The van der Waals surface area contributed by atoms with Crippen LogP contribution in [0, 0.1) is 11.6 Å². The van der Waals surface area contributed by atoms with E-state index in [4.69, 9.17) is 0 Å². The molecule has 0 saturated heterocycles. The first kappa shape index (κ1) is 18.9. The maximum Gasteiger partial charge on any atom is 0.279 e. The number of halogens is 2. The fourth-order valence-electron chi connectivity index (χ4n) is 4.42. The lowest BCUT2D eigenvalue weighted by molar-refractivity contribution is 0.239. The highest BCUT2D eigenvalue weighted by Crippen LogP contribution is 2.27. The van der Waals surface area contributed by atoms with Crippen molar-refractivity contribution in [1.29, 1.82) is 0 Å². The van der Waals surface area contributed by atoms with Gasteiger partial charge in [0.2, 0.25) is 5.95 Å². The molecule has 2 aliphatic rings. The standard InChI is InChI=1S/C23H22F2N4O/c24-18-7-6-17(20(25)12-18)14-28-10-11-29-21-8-9-27(13-16-4-2-1-3-5-16)15-19(21)22(30)26-23(28)29/h1-7,12H,8-11,13-15H2. The van der Waals surface area contributed by atoms with Gasteiger partial charge in [0.1, 0.15) is 11.6 Å². The van der Waals surface area contributed by atoms with Gasteiger partial charge in [0, 0.05) is 63.0 Å². The molecule has 0 aliphatic carbocycles. The minimum atomic E-state index is -0.596. The Morgan fingerprint density at radius 3 is 2.60 bits per heavy atom. The second-order valence-corrected chi connectivity index (χ2v) is 7.90. The Hall–Kier alpha value is -3.06. The van der Waals surface area contributed by atoms with Crippen LogP contribution < -0.4 is 10.5 Å². The van der Waals surface area contributed by atoms with Gasteiger partial charge in [-0.2, -0.15) is 4.98 Å². The second-order valence-electron chi connectivity index (χ2n) is 7.90. The maximum atomic E-state index is 14.1. The van der Waals surface area contributed by atoms with Gasteiger partial charge in [0.25, 0.3) is 5.56 Å². The fraction of sp³-hybridized carbons (Fsp3) is 0.304. The number of hydrogen-bond acceptors (Lipinski definition) is 4. The average Bonchev–Trinajstić information content (AvgIpc) is 3.13. The van der Waals surface area contributed by atoms with Crippen LogP contribution in [0.4, 0.5) is 14.7 Å². The molecule has 7 heteroatoms. The summed E-state index contributed by atoms with van der Waals surface area (Å²) < 4.78 is 29.4. The van der Waals surface area contributed by atoms with E-state index in [0.717, 1.165) is 36.8 Å². The fourth-order valence-corrected chi connectivity index (χ4v) is 4.42. The molecule has 0 saturated carbocycles. The highest BCUT2D eigenvalue weighted by Gasteiger charge is 2.29. The largest absolute Gasteiger partial charge is 0.336 e. The van der Waals surface area contributed by atoms with Crippen LogP contribution in [0.25, 0.3) is 0 Å². The van der Waals surface area contributed by atoms with Crippen molar-refractivity contribution in [1.82, 2.24) is 14.5 Å². The first-order chi connectivity index (χ1) is 14.6. The van der Waals surface area contributed by atoms with Crippen LogP contribution in [0.1, 0.15) is 22.4 Å². The van der Waals surface area contributed by atoms with E-state index in [1.165, 1.54) is 17.7 Å². The molecule has 0 N–H and O–H groups in total. The molecule has 1 aromatic heterocycles. The highest BCUT2D eigenvalue weighted by atomic mass is 19.1. The molecule has 0 unspecified atom stereocenters. The summed E-state index contributed by atoms with van der Waals surface area (Å²) in [7, 11) is 0. The molecule has 0 atom stereocenters. The van der Waals surface area contributed by atoms with Crippen LogP contribution in [0.15, 0.2) is 53.3 Å². The van der Waals surface area contributed by atoms with Gasteiger partial charge in [-0.1, -0.05) is 36.4 Å². The van der Waals surface area contributed by atoms with E-state index in [-0.39, 0.29) is 12.1 Å². The quantitative estimate of drug-likeness (QED) is 0.665. The minimum Gasteiger partial charge on any atom is -0.336 e. The SMILES string of the molecule is O=c1nc2n(c3c1CN(Cc1ccccc1)CC3)CCN2Cc1ccc(F)cc1F. The number of aromatic nitrogens is 2. The van der Waals surface area contributed by atoms with Crippen LogP contribution >= 0.6 is 0 Å². The van der Waals surface area contributed by atoms with E-state index in [1.807, 2.05) is 23.1 Å². The molecule has 3 aromatic rings. The molecule has 30 heavy (non-hydrogen) atoms. The zero-order chi connectivity index (χ0) is 20.7. The van der Waals surface area contributed by atoms with Gasteiger partial charge in [-0.05, 0) is 11.6 Å². The second kappa shape index (κ2) is 7.65. The lowest BCUT2D eigenvalue weighted by Gasteiger charge is -2.30. The van der Waals surface area contributed by atoms with Crippen LogP contribution in [-0.4, -0.2) is 27.5 Å². The normalized spacial score (nSPS) is 15.9. The van der Waals surface area contributed by atoms with Crippen molar-refractivity contribution in [2.45, 2.75) is 32.6 Å². The summed E-state index contributed by atoms with van der Waals surface area (Å²) in [5.74, 6) is -0.592. The predicted octanol–water partition coefficient (Wildman–Crippen LogP) is 3.10. The molecule has 2 aliphatic heterocycles. The Balaban J connectivity index is 1.39. The molecule has 5 nitrogen and oxygen atoms in total. The zero-order valence-electron chi connectivity index (χ0n) is 16.5. The average molecular weight is 408 g/mol. The molecule has 0 spiro atoms. The topological polar surface area (TPSA) is 41.4 Å². The van der Waals surface area contributed by atoms with Gasteiger partial charge in [-0.25, -0.2) is 8.78 Å². The first-order valence-corrected chi connectivity index (χ1v) is 10.2. The monoisotopic (exact) mass is 408 g/mol. The van der Waals surface area contributed by atoms with Gasteiger partial charge in [-0.15, -0.1) is 0 Å². The molecule has 5 rings (SSSR count). The Morgan fingerprint density at radius 1 is 0.967 bits per heavy atom. The van der Waals surface area contributed by atoms with Gasteiger partial charge in [0.05, 0.1) is 5.56 Å². The maximum absolute atomic E-state index is 14.1.